The molecule has 19 heavy (non-hydrogen) atoms. The highest BCUT2D eigenvalue weighted by molar-refractivity contribution is 4.81. The van der Waals surface area contributed by atoms with Crippen molar-refractivity contribution in [2.75, 3.05) is 0 Å². The number of hydrogen-bond donors (Lipinski definition) is 0. The van der Waals surface area contributed by atoms with Crippen molar-refractivity contribution in [2.45, 2.75) is 97.3 Å². The maximum atomic E-state index is 3.92. The van der Waals surface area contributed by atoms with Crippen LogP contribution in [0.4, 0.5) is 0 Å². The van der Waals surface area contributed by atoms with Crippen LogP contribution in [-0.2, 0) is 0 Å². The molecule has 1 unspecified atom stereocenters. The summed E-state index contributed by atoms with van der Waals surface area (Å²) in [5.74, 6) is 0.852. The van der Waals surface area contributed by atoms with Crippen LogP contribution in [0, 0.1) is 12.8 Å². The van der Waals surface area contributed by atoms with E-state index in [0.717, 1.165) is 12.3 Å². The fourth-order valence-corrected chi connectivity index (χ4v) is 2.51. The van der Waals surface area contributed by atoms with Gasteiger partial charge in [-0.2, -0.15) is 0 Å². The molecule has 0 N–H and O–H groups in total. The lowest BCUT2D eigenvalue weighted by molar-refractivity contribution is 0.500. The zero-order valence-corrected chi connectivity index (χ0v) is 13.6. The van der Waals surface area contributed by atoms with Crippen LogP contribution in [0.5, 0.6) is 0 Å². The summed E-state index contributed by atoms with van der Waals surface area (Å²) < 4.78 is 0. The molecule has 0 spiro atoms. The molecule has 0 aromatic heterocycles. The van der Waals surface area contributed by atoms with Gasteiger partial charge < -0.3 is 0 Å². The molecule has 0 aliphatic carbocycles. The van der Waals surface area contributed by atoms with E-state index in [1.807, 2.05) is 0 Å². The third-order valence-corrected chi connectivity index (χ3v) is 3.91. The average Bonchev–Trinajstić information content (AvgIpc) is 2.40. The van der Waals surface area contributed by atoms with Gasteiger partial charge in [-0.25, -0.2) is 0 Å². The fourth-order valence-electron chi connectivity index (χ4n) is 2.51. The van der Waals surface area contributed by atoms with Gasteiger partial charge in [-0.05, 0) is 31.6 Å². The molecule has 1 atom stereocenters. The van der Waals surface area contributed by atoms with Crippen molar-refractivity contribution in [2.24, 2.45) is 5.92 Å². The SMILES string of the molecule is [CH2]CCC(C)CCC=CCCCCCCCCCC. The Kier molecular flexibility index (Phi) is 15.6. The van der Waals surface area contributed by atoms with Crippen LogP contribution in [-0.4, -0.2) is 0 Å². The van der Waals surface area contributed by atoms with Crippen LogP contribution in [0.1, 0.15) is 97.3 Å². The molecule has 0 rings (SSSR count). The second-order valence-electron chi connectivity index (χ2n) is 6.06. The van der Waals surface area contributed by atoms with E-state index in [-0.39, 0.29) is 0 Å². The van der Waals surface area contributed by atoms with Crippen LogP contribution in [0.3, 0.4) is 0 Å². The molecule has 0 aromatic carbocycles. The molecular weight excluding hydrogens is 228 g/mol. The van der Waals surface area contributed by atoms with Gasteiger partial charge in [0.2, 0.25) is 0 Å². The van der Waals surface area contributed by atoms with Crippen molar-refractivity contribution in [3.8, 4) is 0 Å². The number of allylic oxidation sites excluding steroid dienone is 2. The van der Waals surface area contributed by atoms with Crippen LogP contribution in [0.15, 0.2) is 12.2 Å². The zero-order chi connectivity index (χ0) is 14.2. The minimum absolute atomic E-state index is 0.852. The number of rotatable bonds is 14. The van der Waals surface area contributed by atoms with E-state index in [2.05, 4.69) is 32.9 Å². The summed E-state index contributed by atoms with van der Waals surface area (Å²) in [5.41, 5.74) is 0. The van der Waals surface area contributed by atoms with Gasteiger partial charge in [-0.1, -0.05) is 90.7 Å². The van der Waals surface area contributed by atoms with Gasteiger partial charge in [-0.3, -0.25) is 0 Å². The quantitative estimate of drug-likeness (QED) is 0.232. The molecule has 1 radical (unpaired) electrons. The Morgan fingerprint density at radius 2 is 1.37 bits per heavy atom. The minimum atomic E-state index is 0.852. The van der Waals surface area contributed by atoms with Crippen molar-refractivity contribution in [3.05, 3.63) is 19.1 Å². The Bertz CT molecular complexity index is 180. The van der Waals surface area contributed by atoms with Crippen LogP contribution < -0.4 is 0 Å². The first-order chi connectivity index (χ1) is 9.31. The minimum Gasteiger partial charge on any atom is -0.0885 e. The maximum absolute atomic E-state index is 3.92. The molecule has 113 valence electrons. The number of hydrogen-bond acceptors (Lipinski definition) is 0. The first-order valence-corrected chi connectivity index (χ1v) is 8.75. The Hall–Kier alpha value is -0.260. The fraction of sp³-hybridized carbons (Fsp3) is 0.842. The molecule has 0 nitrogen and oxygen atoms in total. The molecule has 0 aliphatic heterocycles. The van der Waals surface area contributed by atoms with E-state index < -0.39 is 0 Å². The normalized spacial score (nSPS) is 13.2. The monoisotopic (exact) mass is 265 g/mol. The predicted molar refractivity (Wildman–Crippen MR) is 89.4 cm³/mol. The Balaban J connectivity index is 3.12. The summed E-state index contributed by atoms with van der Waals surface area (Å²) >= 11 is 0. The molecule has 0 aromatic rings. The van der Waals surface area contributed by atoms with E-state index in [1.165, 1.54) is 77.0 Å². The lowest BCUT2D eigenvalue weighted by atomic mass is 10.00. The average molecular weight is 266 g/mol. The third kappa shape index (κ3) is 15.7. The summed E-state index contributed by atoms with van der Waals surface area (Å²) in [6.07, 6.45) is 22.4. The Morgan fingerprint density at radius 1 is 0.789 bits per heavy atom. The second kappa shape index (κ2) is 15.8. The lowest BCUT2D eigenvalue weighted by Gasteiger charge is -2.06. The van der Waals surface area contributed by atoms with Crippen LogP contribution in [0.2, 0.25) is 0 Å². The van der Waals surface area contributed by atoms with E-state index >= 15 is 0 Å². The van der Waals surface area contributed by atoms with E-state index in [9.17, 15) is 0 Å². The maximum Gasteiger partial charge on any atom is -0.0348 e. The van der Waals surface area contributed by atoms with E-state index in [1.54, 1.807) is 0 Å². The number of unbranched alkanes of at least 4 members (excludes halogenated alkanes) is 8. The molecule has 0 amide bonds. The van der Waals surface area contributed by atoms with Gasteiger partial charge in [0.15, 0.2) is 0 Å². The van der Waals surface area contributed by atoms with Crippen molar-refractivity contribution in [3.63, 3.8) is 0 Å². The van der Waals surface area contributed by atoms with Crippen molar-refractivity contribution in [1.82, 2.24) is 0 Å². The van der Waals surface area contributed by atoms with Gasteiger partial charge in [0.25, 0.3) is 0 Å². The first-order valence-electron chi connectivity index (χ1n) is 8.75. The summed E-state index contributed by atoms with van der Waals surface area (Å²) in [7, 11) is 0. The largest absolute Gasteiger partial charge is 0.0885 e. The molecular formula is C19H37. The summed E-state index contributed by atoms with van der Waals surface area (Å²) in [6.45, 7) is 8.55. The standard InChI is InChI=1S/C19H37/c1-4-6-7-8-9-10-11-12-13-14-15-16-18-19(3)17-5-2/h14-15,19H,2,4-13,16-18H2,1,3H3. The van der Waals surface area contributed by atoms with Gasteiger partial charge in [0.05, 0.1) is 0 Å². The van der Waals surface area contributed by atoms with Gasteiger partial charge in [-0.15, -0.1) is 0 Å². The summed E-state index contributed by atoms with van der Waals surface area (Å²) in [5, 5.41) is 0. The second-order valence-corrected chi connectivity index (χ2v) is 6.06. The highest BCUT2D eigenvalue weighted by atomic mass is 14.0. The van der Waals surface area contributed by atoms with Crippen LogP contribution >= 0.6 is 0 Å². The summed E-state index contributed by atoms with van der Waals surface area (Å²) in [4.78, 5) is 0. The highest BCUT2D eigenvalue weighted by Crippen LogP contribution is 2.13. The first kappa shape index (κ1) is 18.7. The third-order valence-electron chi connectivity index (χ3n) is 3.91. The van der Waals surface area contributed by atoms with E-state index in [0.29, 0.717) is 0 Å². The Labute approximate surface area is 123 Å². The predicted octanol–water partition coefficient (Wildman–Crippen LogP) is 7.10. The van der Waals surface area contributed by atoms with E-state index in [4.69, 9.17) is 0 Å². The molecule has 0 bridgehead atoms. The van der Waals surface area contributed by atoms with Gasteiger partial charge in [0, 0.05) is 0 Å². The molecule has 0 saturated heterocycles. The van der Waals surface area contributed by atoms with Gasteiger partial charge >= 0.3 is 0 Å². The molecule has 0 fully saturated rings. The van der Waals surface area contributed by atoms with Gasteiger partial charge in [0.1, 0.15) is 0 Å². The highest BCUT2D eigenvalue weighted by Gasteiger charge is 1.97. The summed E-state index contributed by atoms with van der Waals surface area (Å²) in [6, 6.07) is 0. The smallest absolute Gasteiger partial charge is 0.0348 e. The molecule has 0 saturated carbocycles. The van der Waals surface area contributed by atoms with Crippen LogP contribution in [0.25, 0.3) is 0 Å². The zero-order valence-electron chi connectivity index (χ0n) is 13.6. The van der Waals surface area contributed by atoms with Crippen molar-refractivity contribution >= 4 is 0 Å². The topological polar surface area (TPSA) is 0 Å². The Morgan fingerprint density at radius 3 is 2.00 bits per heavy atom. The molecule has 0 heteroatoms. The lowest BCUT2D eigenvalue weighted by Crippen LogP contribution is -1.91. The van der Waals surface area contributed by atoms with Crippen molar-refractivity contribution in [1.29, 1.82) is 0 Å². The molecule has 0 heterocycles. The molecule has 0 aliphatic rings. The van der Waals surface area contributed by atoms with Crippen molar-refractivity contribution < 1.29 is 0 Å².